The summed E-state index contributed by atoms with van der Waals surface area (Å²) in [7, 11) is 1.33. The van der Waals surface area contributed by atoms with E-state index in [1.54, 1.807) is 41.5 Å². The van der Waals surface area contributed by atoms with Gasteiger partial charge in [0.15, 0.2) is 4.80 Å². The lowest BCUT2D eigenvalue weighted by Gasteiger charge is -2.24. The third-order valence-corrected chi connectivity index (χ3v) is 6.97. The molecule has 1 aliphatic heterocycles. The second-order valence-electron chi connectivity index (χ2n) is 6.90. The van der Waals surface area contributed by atoms with Crippen LogP contribution in [0.4, 0.5) is 0 Å². The number of thiazole rings is 1. The molecule has 1 aliphatic rings. The molecule has 3 aromatic rings. The van der Waals surface area contributed by atoms with Crippen molar-refractivity contribution in [2.75, 3.05) is 13.4 Å². The Morgan fingerprint density at radius 3 is 2.65 bits per heavy atom. The smallest absolute Gasteiger partial charge is 0.338 e. The Hall–Kier alpha value is -2.61. The summed E-state index contributed by atoms with van der Waals surface area (Å²) in [4.78, 5) is 32.3. The topological polar surface area (TPSA) is 60.7 Å². The van der Waals surface area contributed by atoms with E-state index in [0.717, 1.165) is 16.0 Å². The van der Waals surface area contributed by atoms with Gasteiger partial charge in [-0.1, -0.05) is 47.2 Å². The number of allylic oxidation sites excluding steroid dienone is 1. The van der Waals surface area contributed by atoms with Crippen molar-refractivity contribution >= 4 is 46.7 Å². The monoisotopic (exact) mass is 470 g/mol. The number of nitrogens with zero attached hydrogens (tertiary/aromatic N) is 2. The highest BCUT2D eigenvalue weighted by Gasteiger charge is 2.33. The molecule has 2 heterocycles. The first kappa shape index (κ1) is 21.6. The Morgan fingerprint density at radius 2 is 2.00 bits per heavy atom. The highest BCUT2D eigenvalue weighted by atomic mass is 35.5. The number of aromatic nitrogens is 1. The molecule has 0 fully saturated rings. The number of hydrogen-bond donors (Lipinski definition) is 0. The molecule has 0 saturated carbocycles. The van der Waals surface area contributed by atoms with Gasteiger partial charge in [0.2, 0.25) is 0 Å². The standard InChI is InChI=1S/C23H19ClN2O3S2/c1-13-19(22(28)29-2)20(15-7-9-17(30-3)10-8-15)26-21(27)18(31-23(26)25-13)12-14-5-4-6-16(24)11-14/h4-12,20H,1-3H3/b18-12+/t20-/m0/s1. The third-order valence-electron chi connectivity index (χ3n) is 5.00. The molecule has 0 N–H and O–H groups in total. The summed E-state index contributed by atoms with van der Waals surface area (Å²) in [6.07, 6.45) is 3.79. The second-order valence-corrected chi connectivity index (χ2v) is 9.23. The molecule has 0 saturated heterocycles. The molecule has 1 aromatic heterocycles. The number of halogens is 1. The molecule has 0 bridgehead atoms. The van der Waals surface area contributed by atoms with E-state index in [-0.39, 0.29) is 5.56 Å². The molecule has 2 aromatic carbocycles. The molecule has 0 amide bonds. The Bertz CT molecular complexity index is 1370. The lowest BCUT2D eigenvalue weighted by atomic mass is 9.96. The minimum absolute atomic E-state index is 0.212. The molecule has 1 atom stereocenters. The van der Waals surface area contributed by atoms with Crippen molar-refractivity contribution < 1.29 is 9.53 Å². The average molecular weight is 471 g/mol. The van der Waals surface area contributed by atoms with Gasteiger partial charge in [-0.2, -0.15) is 0 Å². The molecule has 0 aliphatic carbocycles. The van der Waals surface area contributed by atoms with E-state index >= 15 is 0 Å². The summed E-state index contributed by atoms with van der Waals surface area (Å²) in [6.45, 7) is 1.77. The zero-order valence-electron chi connectivity index (χ0n) is 17.1. The molecule has 0 radical (unpaired) electrons. The number of methoxy groups -OCH3 is 1. The van der Waals surface area contributed by atoms with Gasteiger partial charge in [-0.05, 0) is 54.6 Å². The SMILES string of the molecule is COC(=O)C1=C(C)N=c2s/c(=C/c3cccc(Cl)c3)c(=O)n2[C@H]1c1ccc(SC)cc1. The molecule has 4 rings (SSSR count). The average Bonchev–Trinajstić information content (AvgIpc) is 3.07. The van der Waals surface area contributed by atoms with E-state index in [2.05, 4.69) is 4.99 Å². The second kappa shape index (κ2) is 8.86. The first-order valence-corrected chi connectivity index (χ1v) is 11.8. The fourth-order valence-corrected chi connectivity index (χ4v) is 5.20. The van der Waals surface area contributed by atoms with Crippen LogP contribution in [0, 0.1) is 0 Å². The normalized spacial score (nSPS) is 16.1. The van der Waals surface area contributed by atoms with Crippen molar-refractivity contribution in [1.82, 2.24) is 4.57 Å². The molecule has 8 heteroatoms. The van der Waals surface area contributed by atoms with Crippen LogP contribution in [0.2, 0.25) is 5.02 Å². The van der Waals surface area contributed by atoms with Crippen molar-refractivity contribution in [2.24, 2.45) is 4.99 Å². The van der Waals surface area contributed by atoms with Gasteiger partial charge in [0.25, 0.3) is 5.56 Å². The zero-order chi connectivity index (χ0) is 22.1. The Labute approximate surface area is 192 Å². The van der Waals surface area contributed by atoms with Crippen LogP contribution < -0.4 is 14.9 Å². The van der Waals surface area contributed by atoms with Crippen LogP contribution in [0.25, 0.3) is 6.08 Å². The van der Waals surface area contributed by atoms with Crippen LogP contribution >= 0.6 is 34.7 Å². The number of fused-ring (bicyclic) bond motifs is 1. The fourth-order valence-electron chi connectivity index (χ4n) is 3.54. The molecule has 5 nitrogen and oxygen atoms in total. The number of rotatable bonds is 4. The van der Waals surface area contributed by atoms with Gasteiger partial charge < -0.3 is 4.74 Å². The molecule has 158 valence electrons. The van der Waals surface area contributed by atoms with Crippen LogP contribution in [0.15, 0.2) is 74.5 Å². The molecule has 0 unspecified atom stereocenters. The van der Waals surface area contributed by atoms with Crippen molar-refractivity contribution in [2.45, 2.75) is 17.9 Å². The largest absolute Gasteiger partial charge is 0.466 e. The van der Waals surface area contributed by atoms with Gasteiger partial charge in [0.05, 0.1) is 29.0 Å². The summed E-state index contributed by atoms with van der Waals surface area (Å²) in [5.74, 6) is -0.496. The summed E-state index contributed by atoms with van der Waals surface area (Å²) < 4.78 is 7.13. The summed E-state index contributed by atoms with van der Waals surface area (Å²) in [5, 5.41) is 0.595. The van der Waals surface area contributed by atoms with Crippen LogP contribution in [0.1, 0.15) is 24.1 Å². The van der Waals surface area contributed by atoms with E-state index in [4.69, 9.17) is 16.3 Å². The van der Waals surface area contributed by atoms with Gasteiger partial charge >= 0.3 is 5.97 Å². The quantitative estimate of drug-likeness (QED) is 0.430. The molecular weight excluding hydrogens is 452 g/mol. The number of hydrogen-bond acceptors (Lipinski definition) is 6. The predicted octanol–water partition coefficient (Wildman–Crippen LogP) is 3.78. The lowest BCUT2D eigenvalue weighted by Crippen LogP contribution is -2.39. The predicted molar refractivity (Wildman–Crippen MR) is 125 cm³/mol. The molecule has 0 spiro atoms. The highest BCUT2D eigenvalue weighted by molar-refractivity contribution is 7.98. The van der Waals surface area contributed by atoms with Crippen LogP contribution in [0.5, 0.6) is 0 Å². The fraction of sp³-hybridized carbons (Fsp3) is 0.174. The van der Waals surface area contributed by atoms with E-state index in [1.807, 2.05) is 42.7 Å². The number of carbonyl (C=O) groups is 1. The van der Waals surface area contributed by atoms with Gasteiger partial charge in [-0.15, -0.1) is 11.8 Å². The van der Waals surface area contributed by atoms with Crippen LogP contribution in [-0.4, -0.2) is 23.9 Å². The minimum Gasteiger partial charge on any atom is -0.466 e. The van der Waals surface area contributed by atoms with Gasteiger partial charge in [0.1, 0.15) is 0 Å². The molecule has 31 heavy (non-hydrogen) atoms. The number of thioether (sulfide) groups is 1. The number of ether oxygens (including phenoxy) is 1. The Balaban J connectivity index is 1.96. The summed E-state index contributed by atoms with van der Waals surface area (Å²) in [5.41, 5.74) is 2.34. The van der Waals surface area contributed by atoms with E-state index in [0.29, 0.717) is 25.6 Å². The first-order valence-electron chi connectivity index (χ1n) is 9.43. The maximum absolute atomic E-state index is 13.4. The Kier molecular flexibility index (Phi) is 6.18. The van der Waals surface area contributed by atoms with E-state index in [9.17, 15) is 9.59 Å². The number of esters is 1. The summed E-state index contributed by atoms with van der Waals surface area (Å²) in [6, 6.07) is 14.5. The Morgan fingerprint density at radius 1 is 1.26 bits per heavy atom. The van der Waals surface area contributed by atoms with E-state index < -0.39 is 12.0 Å². The highest BCUT2D eigenvalue weighted by Crippen LogP contribution is 2.31. The summed E-state index contributed by atoms with van der Waals surface area (Å²) >= 11 is 9.01. The number of benzene rings is 2. The van der Waals surface area contributed by atoms with Gasteiger partial charge in [-0.3, -0.25) is 9.36 Å². The van der Waals surface area contributed by atoms with Crippen molar-refractivity contribution in [1.29, 1.82) is 0 Å². The first-order chi connectivity index (χ1) is 14.9. The molecular formula is C23H19ClN2O3S2. The van der Waals surface area contributed by atoms with E-state index in [1.165, 1.54) is 18.4 Å². The van der Waals surface area contributed by atoms with Gasteiger partial charge in [0, 0.05) is 9.92 Å². The zero-order valence-corrected chi connectivity index (χ0v) is 19.5. The maximum atomic E-state index is 13.4. The van der Waals surface area contributed by atoms with Crippen molar-refractivity contribution in [3.8, 4) is 0 Å². The minimum atomic E-state index is -0.610. The van der Waals surface area contributed by atoms with Crippen LogP contribution in [-0.2, 0) is 9.53 Å². The number of carbonyl (C=O) groups excluding carboxylic acids is 1. The lowest BCUT2D eigenvalue weighted by molar-refractivity contribution is -0.136. The maximum Gasteiger partial charge on any atom is 0.338 e. The third kappa shape index (κ3) is 4.13. The van der Waals surface area contributed by atoms with Crippen molar-refractivity contribution in [3.05, 3.63) is 95.6 Å². The van der Waals surface area contributed by atoms with Gasteiger partial charge in [-0.25, -0.2) is 9.79 Å². The van der Waals surface area contributed by atoms with Crippen LogP contribution in [0.3, 0.4) is 0 Å². The van der Waals surface area contributed by atoms with Crippen molar-refractivity contribution in [3.63, 3.8) is 0 Å².